The molecule has 1 N–H and O–H groups in total. The molecule has 110 valence electrons. The molecule has 0 spiro atoms. The lowest BCUT2D eigenvalue weighted by Crippen LogP contribution is -2.40. The van der Waals surface area contributed by atoms with Gasteiger partial charge in [0.05, 0.1) is 27.2 Å². The molecular weight excluding hydrogens is 258 g/mol. The minimum absolute atomic E-state index is 0.118. The van der Waals surface area contributed by atoms with E-state index in [1.165, 1.54) is 7.11 Å². The van der Waals surface area contributed by atoms with E-state index in [1.807, 2.05) is 18.2 Å². The highest BCUT2D eigenvalue weighted by molar-refractivity contribution is 5.74. The second-order valence-electron chi connectivity index (χ2n) is 4.87. The van der Waals surface area contributed by atoms with Gasteiger partial charge in [-0.15, -0.1) is 0 Å². The molecule has 20 heavy (non-hydrogen) atoms. The van der Waals surface area contributed by atoms with Gasteiger partial charge in [-0.05, 0) is 36.6 Å². The minimum atomic E-state index is -0.177. The number of carbonyl (C=O) groups excluding carboxylic acids is 1. The Hall–Kier alpha value is -1.75. The van der Waals surface area contributed by atoms with Crippen molar-refractivity contribution in [3.63, 3.8) is 0 Å². The van der Waals surface area contributed by atoms with Crippen molar-refractivity contribution in [2.45, 2.75) is 12.3 Å². The maximum Gasteiger partial charge on any atom is 0.310 e. The van der Waals surface area contributed by atoms with Gasteiger partial charge in [-0.2, -0.15) is 0 Å². The van der Waals surface area contributed by atoms with Crippen molar-refractivity contribution < 1.29 is 19.0 Å². The molecule has 2 atom stereocenters. The summed E-state index contributed by atoms with van der Waals surface area (Å²) in [6.07, 6.45) is 0.885. The largest absolute Gasteiger partial charge is 0.497 e. The van der Waals surface area contributed by atoms with Gasteiger partial charge in [0.1, 0.15) is 11.5 Å². The average Bonchev–Trinajstić information content (AvgIpc) is 2.53. The first-order valence-corrected chi connectivity index (χ1v) is 6.71. The van der Waals surface area contributed by atoms with E-state index >= 15 is 0 Å². The quantitative estimate of drug-likeness (QED) is 0.848. The summed E-state index contributed by atoms with van der Waals surface area (Å²) in [7, 11) is 4.68. The topological polar surface area (TPSA) is 56.8 Å². The van der Waals surface area contributed by atoms with Crippen molar-refractivity contribution in [2.75, 3.05) is 34.4 Å². The van der Waals surface area contributed by atoms with Gasteiger partial charge in [0.2, 0.25) is 0 Å². The van der Waals surface area contributed by atoms with Crippen LogP contribution in [-0.4, -0.2) is 40.4 Å². The number of benzene rings is 1. The molecule has 1 aromatic carbocycles. The lowest BCUT2D eigenvalue weighted by Gasteiger charge is -2.30. The molecule has 0 radical (unpaired) electrons. The fraction of sp³-hybridized carbons (Fsp3) is 0.533. The molecule has 1 heterocycles. The molecule has 0 amide bonds. The van der Waals surface area contributed by atoms with Crippen LogP contribution in [0.4, 0.5) is 0 Å². The van der Waals surface area contributed by atoms with Gasteiger partial charge in [0, 0.05) is 12.6 Å². The molecule has 2 rings (SSSR count). The summed E-state index contributed by atoms with van der Waals surface area (Å²) in [5, 5.41) is 3.24. The Kier molecular flexibility index (Phi) is 4.84. The van der Waals surface area contributed by atoms with Crippen molar-refractivity contribution in [3.05, 3.63) is 23.8 Å². The van der Waals surface area contributed by atoms with Crippen LogP contribution in [0.2, 0.25) is 0 Å². The molecule has 1 aliphatic heterocycles. The number of piperidine rings is 1. The molecule has 1 fully saturated rings. The van der Waals surface area contributed by atoms with Gasteiger partial charge in [0.25, 0.3) is 0 Å². The van der Waals surface area contributed by atoms with Crippen LogP contribution in [0.25, 0.3) is 0 Å². The molecule has 0 aliphatic carbocycles. The van der Waals surface area contributed by atoms with E-state index < -0.39 is 0 Å². The summed E-state index contributed by atoms with van der Waals surface area (Å²) in [5.74, 6) is 1.24. The number of rotatable bonds is 4. The Bertz CT molecular complexity index is 453. The minimum Gasteiger partial charge on any atom is -0.497 e. The van der Waals surface area contributed by atoms with E-state index in [4.69, 9.17) is 14.2 Å². The van der Waals surface area contributed by atoms with Crippen LogP contribution in [0.3, 0.4) is 0 Å². The molecule has 1 saturated heterocycles. The summed E-state index contributed by atoms with van der Waals surface area (Å²) in [6, 6.07) is 5.76. The number of esters is 1. The number of carbonyl (C=O) groups is 1. The average molecular weight is 279 g/mol. The third-order valence-electron chi connectivity index (χ3n) is 3.79. The molecule has 1 aromatic rings. The number of hydrogen-bond donors (Lipinski definition) is 1. The maximum atomic E-state index is 11.9. The predicted molar refractivity (Wildman–Crippen MR) is 75.3 cm³/mol. The third kappa shape index (κ3) is 3.04. The van der Waals surface area contributed by atoms with Crippen LogP contribution >= 0.6 is 0 Å². The molecule has 1 aliphatic rings. The molecule has 5 nitrogen and oxygen atoms in total. The van der Waals surface area contributed by atoms with Crippen LogP contribution < -0.4 is 14.8 Å². The second-order valence-corrected chi connectivity index (χ2v) is 4.87. The first-order chi connectivity index (χ1) is 9.69. The third-order valence-corrected chi connectivity index (χ3v) is 3.79. The van der Waals surface area contributed by atoms with Crippen LogP contribution in [0.1, 0.15) is 17.9 Å². The summed E-state index contributed by atoms with van der Waals surface area (Å²) in [4.78, 5) is 11.9. The fourth-order valence-corrected chi connectivity index (χ4v) is 2.70. The number of nitrogens with one attached hydrogen (secondary N) is 1. The van der Waals surface area contributed by atoms with Gasteiger partial charge in [-0.1, -0.05) is 0 Å². The SMILES string of the molecule is COC(=O)[C@H]1CNCC[C@@H]1c1cc(OC)cc(OC)c1. The highest BCUT2D eigenvalue weighted by atomic mass is 16.5. The van der Waals surface area contributed by atoms with E-state index in [-0.39, 0.29) is 17.8 Å². The molecule has 0 aromatic heterocycles. The van der Waals surface area contributed by atoms with Gasteiger partial charge in [0.15, 0.2) is 0 Å². The molecule has 5 heteroatoms. The molecule has 0 saturated carbocycles. The van der Waals surface area contributed by atoms with Gasteiger partial charge in [-0.25, -0.2) is 0 Å². The number of ether oxygens (including phenoxy) is 3. The van der Waals surface area contributed by atoms with Crippen molar-refractivity contribution in [1.29, 1.82) is 0 Å². The smallest absolute Gasteiger partial charge is 0.310 e. The zero-order chi connectivity index (χ0) is 14.5. The Balaban J connectivity index is 2.33. The van der Waals surface area contributed by atoms with E-state index in [0.29, 0.717) is 6.54 Å². The highest BCUT2D eigenvalue weighted by Gasteiger charge is 2.33. The normalized spacial score (nSPS) is 22.1. The van der Waals surface area contributed by atoms with Crippen molar-refractivity contribution in [1.82, 2.24) is 5.32 Å². The fourth-order valence-electron chi connectivity index (χ4n) is 2.70. The summed E-state index contributed by atoms with van der Waals surface area (Å²) >= 11 is 0. The van der Waals surface area contributed by atoms with Crippen LogP contribution in [0.15, 0.2) is 18.2 Å². The van der Waals surface area contributed by atoms with Crippen LogP contribution in [-0.2, 0) is 9.53 Å². The number of hydrogen-bond acceptors (Lipinski definition) is 5. The Morgan fingerprint density at radius 3 is 2.35 bits per heavy atom. The monoisotopic (exact) mass is 279 g/mol. The summed E-state index contributed by atoms with van der Waals surface area (Å²) < 4.78 is 15.5. The summed E-state index contributed by atoms with van der Waals surface area (Å²) in [6.45, 7) is 1.52. The van der Waals surface area contributed by atoms with Crippen LogP contribution in [0, 0.1) is 5.92 Å². The lowest BCUT2D eigenvalue weighted by molar-refractivity contribution is -0.146. The van der Waals surface area contributed by atoms with Crippen molar-refractivity contribution in [3.8, 4) is 11.5 Å². The van der Waals surface area contributed by atoms with E-state index in [1.54, 1.807) is 14.2 Å². The predicted octanol–water partition coefficient (Wildman–Crippen LogP) is 1.57. The molecular formula is C15H21NO4. The first-order valence-electron chi connectivity index (χ1n) is 6.71. The van der Waals surface area contributed by atoms with E-state index in [0.717, 1.165) is 30.0 Å². The zero-order valence-corrected chi connectivity index (χ0v) is 12.1. The zero-order valence-electron chi connectivity index (χ0n) is 12.1. The maximum absolute atomic E-state index is 11.9. The lowest BCUT2D eigenvalue weighted by atomic mass is 9.81. The van der Waals surface area contributed by atoms with Gasteiger partial charge in [-0.3, -0.25) is 4.79 Å². The Morgan fingerprint density at radius 2 is 1.80 bits per heavy atom. The van der Waals surface area contributed by atoms with Crippen LogP contribution in [0.5, 0.6) is 11.5 Å². The van der Waals surface area contributed by atoms with Gasteiger partial charge >= 0.3 is 5.97 Å². The standard InChI is InChI=1S/C15H21NO4/c1-18-11-6-10(7-12(8-11)19-2)13-4-5-16-9-14(13)15(17)20-3/h6-8,13-14,16H,4-5,9H2,1-3H3/t13-,14+/m1/s1. The number of methoxy groups -OCH3 is 3. The second kappa shape index (κ2) is 6.61. The first kappa shape index (κ1) is 14.7. The van der Waals surface area contributed by atoms with Crippen molar-refractivity contribution >= 4 is 5.97 Å². The molecule has 0 unspecified atom stereocenters. The molecule has 0 bridgehead atoms. The Labute approximate surface area is 119 Å². The highest BCUT2D eigenvalue weighted by Crippen LogP contribution is 2.35. The Morgan fingerprint density at radius 1 is 1.15 bits per heavy atom. The van der Waals surface area contributed by atoms with E-state index in [9.17, 15) is 4.79 Å². The van der Waals surface area contributed by atoms with Crippen molar-refractivity contribution in [2.24, 2.45) is 5.92 Å². The van der Waals surface area contributed by atoms with E-state index in [2.05, 4.69) is 5.32 Å². The van der Waals surface area contributed by atoms with Gasteiger partial charge < -0.3 is 19.5 Å². The summed E-state index contributed by atoms with van der Waals surface area (Å²) in [5.41, 5.74) is 1.05.